The van der Waals surface area contributed by atoms with Gasteiger partial charge in [-0.2, -0.15) is 0 Å². The van der Waals surface area contributed by atoms with Crippen molar-refractivity contribution >= 4 is 17.3 Å². The molecule has 1 aromatic heterocycles. The summed E-state index contributed by atoms with van der Waals surface area (Å²) in [5.41, 5.74) is 8.22. The summed E-state index contributed by atoms with van der Waals surface area (Å²) in [6, 6.07) is 14.0. The number of benzene rings is 2. The molecule has 0 spiro atoms. The first-order chi connectivity index (χ1) is 10.2. The first-order valence-corrected chi connectivity index (χ1v) is 6.23. The van der Waals surface area contributed by atoms with Crippen LogP contribution >= 0.6 is 0 Å². The Hall–Kier alpha value is -3.22. The monoisotopic (exact) mass is 280 g/mol. The second kappa shape index (κ2) is 5.41. The first kappa shape index (κ1) is 12.8. The molecule has 7 heteroatoms. The van der Waals surface area contributed by atoms with Gasteiger partial charge in [0.2, 0.25) is 0 Å². The number of amides is 1. The number of carbonyl (C=O) groups is 1. The Labute approximate surface area is 120 Å². The van der Waals surface area contributed by atoms with Crippen LogP contribution in [0, 0.1) is 0 Å². The van der Waals surface area contributed by atoms with Gasteiger partial charge < -0.3 is 11.1 Å². The van der Waals surface area contributed by atoms with Crippen LogP contribution < -0.4 is 11.1 Å². The van der Waals surface area contributed by atoms with E-state index in [1.165, 1.54) is 11.0 Å². The summed E-state index contributed by atoms with van der Waals surface area (Å²) in [7, 11) is 0. The van der Waals surface area contributed by atoms with E-state index in [1.807, 2.05) is 12.1 Å². The summed E-state index contributed by atoms with van der Waals surface area (Å²) >= 11 is 0. The SMILES string of the molecule is Nc1cccc(C(=O)Nc2ccc(-n3cnnn3)cc2)c1. The van der Waals surface area contributed by atoms with E-state index < -0.39 is 0 Å². The van der Waals surface area contributed by atoms with Gasteiger partial charge in [-0.3, -0.25) is 4.79 Å². The highest BCUT2D eigenvalue weighted by Gasteiger charge is 2.06. The Kier molecular flexibility index (Phi) is 3.30. The molecule has 3 aromatic rings. The van der Waals surface area contributed by atoms with E-state index in [9.17, 15) is 4.79 Å². The zero-order chi connectivity index (χ0) is 14.7. The van der Waals surface area contributed by atoms with E-state index in [2.05, 4.69) is 20.8 Å². The lowest BCUT2D eigenvalue weighted by Gasteiger charge is -2.06. The van der Waals surface area contributed by atoms with Crippen molar-refractivity contribution in [1.29, 1.82) is 0 Å². The van der Waals surface area contributed by atoms with Gasteiger partial charge in [-0.05, 0) is 52.9 Å². The lowest BCUT2D eigenvalue weighted by molar-refractivity contribution is 0.102. The fraction of sp³-hybridized carbons (Fsp3) is 0. The van der Waals surface area contributed by atoms with Crippen molar-refractivity contribution in [1.82, 2.24) is 20.2 Å². The topological polar surface area (TPSA) is 98.7 Å². The van der Waals surface area contributed by atoms with Gasteiger partial charge in [0, 0.05) is 16.9 Å². The zero-order valence-corrected chi connectivity index (χ0v) is 11.0. The summed E-state index contributed by atoms with van der Waals surface area (Å²) in [4.78, 5) is 12.1. The molecule has 2 aromatic carbocycles. The predicted octanol–water partition coefficient (Wildman–Crippen LogP) is 1.50. The van der Waals surface area contributed by atoms with Crippen molar-refractivity contribution in [2.75, 3.05) is 11.1 Å². The second-order valence-corrected chi connectivity index (χ2v) is 4.38. The van der Waals surface area contributed by atoms with Crippen LogP contribution in [-0.2, 0) is 0 Å². The van der Waals surface area contributed by atoms with Gasteiger partial charge in [0.15, 0.2) is 0 Å². The molecule has 0 radical (unpaired) electrons. The van der Waals surface area contributed by atoms with Gasteiger partial charge in [-0.25, -0.2) is 4.68 Å². The average Bonchev–Trinajstić information content (AvgIpc) is 3.02. The van der Waals surface area contributed by atoms with Crippen molar-refractivity contribution in [2.24, 2.45) is 0 Å². The maximum atomic E-state index is 12.1. The number of nitrogens with one attached hydrogen (secondary N) is 1. The fourth-order valence-electron chi connectivity index (χ4n) is 1.86. The summed E-state index contributed by atoms with van der Waals surface area (Å²) in [6.45, 7) is 0. The molecular weight excluding hydrogens is 268 g/mol. The summed E-state index contributed by atoms with van der Waals surface area (Å²) in [5, 5.41) is 13.7. The van der Waals surface area contributed by atoms with Crippen molar-refractivity contribution in [3.05, 3.63) is 60.4 Å². The quantitative estimate of drug-likeness (QED) is 0.708. The molecule has 0 aliphatic heterocycles. The zero-order valence-electron chi connectivity index (χ0n) is 11.0. The second-order valence-electron chi connectivity index (χ2n) is 4.38. The van der Waals surface area contributed by atoms with Crippen LogP contribution in [0.4, 0.5) is 11.4 Å². The predicted molar refractivity (Wildman–Crippen MR) is 78.0 cm³/mol. The number of hydrogen-bond donors (Lipinski definition) is 2. The standard InChI is InChI=1S/C14H12N6O/c15-11-3-1-2-10(8-11)14(21)17-12-4-6-13(7-5-12)20-9-16-18-19-20/h1-9H,15H2,(H,17,21). The normalized spacial score (nSPS) is 10.3. The lowest BCUT2D eigenvalue weighted by atomic mass is 10.2. The molecule has 0 aliphatic rings. The number of nitrogen functional groups attached to an aromatic ring is 1. The van der Waals surface area contributed by atoms with Crippen LogP contribution in [0.1, 0.15) is 10.4 Å². The lowest BCUT2D eigenvalue weighted by Crippen LogP contribution is -2.12. The molecule has 1 heterocycles. The van der Waals surface area contributed by atoms with E-state index in [1.54, 1.807) is 36.4 Å². The minimum absolute atomic E-state index is 0.211. The number of anilines is 2. The van der Waals surface area contributed by atoms with Crippen molar-refractivity contribution in [3.8, 4) is 5.69 Å². The number of nitrogens with zero attached hydrogens (tertiary/aromatic N) is 4. The molecular formula is C14H12N6O. The minimum Gasteiger partial charge on any atom is -0.399 e. The van der Waals surface area contributed by atoms with Crippen molar-refractivity contribution in [3.63, 3.8) is 0 Å². The molecule has 0 saturated heterocycles. The van der Waals surface area contributed by atoms with Gasteiger partial charge in [0.05, 0.1) is 5.69 Å². The molecule has 0 atom stereocenters. The van der Waals surface area contributed by atoms with Gasteiger partial charge in [-0.1, -0.05) is 6.07 Å². The molecule has 3 N–H and O–H groups in total. The molecule has 0 aliphatic carbocycles. The maximum Gasteiger partial charge on any atom is 0.255 e. The summed E-state index contributed by atoms with van der Waals surface area (Å²) in [6.07, 6.45) is 1.50. The number of rotatable bonds is 3. The Morgan fingerprint density at radius 2 is 1.95 bits per heavy atom. The van der Waals surface area contributed by atoms with E-state index in [0.717, 1.165) is 5.69 Å². The number of aromatic nitrogens is 4. The third-order valence-corrected chi connectivity index (χ3v) is 2.89. The van der Waals surface area contributed by atoms with Crippen LogP contribution in [0.3, 0.4) is 0 Å². The minimum atomic E-state index is -0.211. The third-order valence-electron chi connectivity index (χ3n) is 2.89. The molecule has 104 valence electrons. The Morgan fingerprint density at radius 3 is 2.62 bits per heavy atom. The van der Waals surface area contributed by atoms with E-state index in [4.69, 9.17) is 5.73 Å². The molecule has 0 bridgehead atoms. The molecule has 0 fully saturated rings. The van der Waals surface area contributed by atoms with Gasteiger partial charge in [0.25, 0.3) is 5.91 Å². The fourth-order valence-corrected chi connectivity index (χ4v) is 1.86. The van der Waals surface area contributed by atoms with Gasteiger partial charge >= 0.3 is 0 Å². The van der Waals surface area contributed by atoms with Gasteiger partial charge in [-0.15, -0.1) is 5.10 Å². The van der Waals surface area contributed by atoms with Crippen LogP contribution in [-0.4, -0.2) is 26.1 Å². The van der Waals surface area contributed by atoms with Gasteiger partial charge in [0.1, 0.15) is 6.33 Å². The molecule has 3 rings (SSSR count). The largest absolute Gasteiger partial charge is 0.399 e. The highest BCUT2D eigenvalue weighted by Crippen LogP contribution is 2.14. The van der Waals surface area contributed by atoms with Crippen LogP contribution in [0.5, 0.6) is 0 Å². The first-order valence-electron chi connectivity index (χ1n) is 6.23. The molecule has 0 unspecified atom stereocenters. The molecule has 1 amide bonds. The maximum absolute atomic E-state index is 12.1. The van der Waals surface area contributed by atoms with E-state index >= 15 is 0 Å². The number of tetrazole rings is 1. The van der Waals surface area contributed by atoms with Crippen LogP contribution in [0.25, 0.3) is 5.69 Å². The number of hydrogen-bond acceptors (Lipinski definition) is 5. The molecule has 7 nitrogen and oxygen atoms in total. The Balaban J connectivity index is 1.75. The molecule has 21 heavy (non-hydrogen) atoms. The van der Waals surface area contributed by atoms with E-state index in [0.29, 0.717) is 16.9 Å². The van der Waals surface area contributed by atoms with Crippen LogP contribution in [0.15, 0.2) is 54.9 Å². The summed E-state index contributed by atoms with van der Waals surface area (Å²) < 4.78 is 1.53. The van der Waals surface area contributed by atoms with E-state index in [-0.39, 0.29) is 5.91 Å². The third kappa shape index (κ3) is 2.86. The van der Waals surface area contributed by atoms with Crippen molar-refractivity contribution in [2.45, 2.75) is 0 Å². The van der Waals surface area contributed by atoms with Crippen molar-refractivity contribution < 1.29 is 4.79 Å². The van der Waals surface area contributed by atoms with Crippen LogP contribution in [0.2, 0.25) is 0 Å². The number of nitrogens with two attached hydrogens (primary N) is 1. The highest BCUT2D eigenvalue weighted by atomic mass is 16.1. The Morgan fingerprint density at radius 1 is 1.14 bits per heavy atom. The summed E-state index contributed by atoms with van der Waals surface area (Å²) in [5.74, 6) is -0.211. The smallest absolute Gasteiger partial charge is 0.255 e. The number of carbonyl (C=O) groups excluding carboxylic acids is 1. The average molecular weight is 280 g/mol. The molecule has 0 saturated carbocycles. The highest BCUT2D eigenvalue weighted by molar-refractivity contribution is 6.04. The Bertz CT molecular complexity index is 751.